The molecule has 1 rings (SSSR count). The van der Waals surface area contributed by atoms with Crippen LogP contribution in [0.2, 0.25) is 0 Å². The fourth-order valence-electron chi connectivity index (χ4n) is 1.05. The number of hydrogen-bond donors (Lipinski definition) is 0. The lowest BCUT2D eigenvalue weighted by Crippen LogP contribution is -2.10. The Hall–Kier alpha value is -2.05. The second kappa shape index (κ2) is 6.51. The number of esters is 2. The predicted molar refractivity (Wildman–Crippen MR) is 55.8 cm³/mol. The van der Waals surface area contributed by atoms with Gasteiger partial charge in [0.1, 0.15) is 0 Å². The number of nitrogens with zero attached hydrogens (tertiary/aromatic N) is 1. The summed E-state index contributed by atoms with van der Waals surface area (Å²) < 4.78 is 13.9. The van der Waals surface area contributed by atoms with Gasteiger partial charge in [-0.05, 0) is 11.6 Å². The van der Waals surface area contributed by atoms with Gasteiger partial charge in [-0.3, -0.25) is 0 Å². The molecule has 0 radical (unpaired) electrons. The van der Waals surface area contributed by atoms with Crippen molar-refractivity contribution in [2.24, 2.45) is 5.16 Å². The van der Waals surface area contributed by atoms with Crippen molar-refractivity contribution >= 4 is 17.8 Å². The van der Waals surface area contributed by atoms with E-state index in [0.717, 1.165) is 19.6 Å². The molecule has 0 unspecified atom stereocenters. The second-order valence-corrected chi connectivity index (χ2v) is 3.05. The molecule has 0 aromatic rings. The van der Waals surface area contributed by atoms with Gasteiger partial charge in [-0.1, -0.05) is 0 Å². The lowest BCUT2D eigenvalue weighted by molar-refractivity contribution is -0.142. The van der Waals surface area contributed by atoms with Crippen molar-refractivity contribution in [3.8, 4) is 0 Å². The summed E-state index contributed by atoms with van der Waals surface area (Å²) in [5, 5.41) is 3.60. The minimum Gasteiger partial charge on any atom is -0.479 e. The molecule has 94 valence electrons. The summed E-state index contributed by atoms with van der Waals surface area (Å²) >= 11 is 0. The summed E-state index contributed by atoms with van der Waals surface area (Å²) in [4.78, 5) is 27.0. The first kappa shape index (κ1) is 13.0. The van der Waals surface area contributed by atoms with Gasteiger partial charge in [-0.25, -0.2) is 9.59 Å². The fraction of sp³-hybridized carbons (Fsp3) is 0.500. The van der Waals surface area contributed by atoms with Crippen LogP contribution in [0.4, 0.5) is 0 Å². The summed E-state index contributed by atoms with van der Waals surface area (Å²) in [5.74, 6) is -1.54. The van der Waals surface area contributed by atoms with Crippen LogP contribution in [0.1, 0.15) is 12.8 Å². The first-order valence-electron chi connectivity index (χ1n) is 4.92. The molecule has 0 aromatic carbocycles. The minimum absolute atomic E-state index is 0.359. The maximum atomic E-state index is 11.2. The Bertz CT molecular complexity index is 352. The molecule has 1 aliphatic heterocycles. The van der Waals surface area contributed by atoms with Gasteiger partial charge in [0.05, 0.1) is 26.9 Å². The second-order valence-electron chi connectivity index (χ2n) is 3.05. The number of oxime groups is 1. The van der Waals surface area contributed by atoms with Crippen molar-refractivity contribution < 1.29 is 28.6 Å². The highest BCUT2D eigenvalue weighted by molar-refractivity contribution is 5.94. The van der Waals surface area contributed by atoms with Crippen LogP contribution in [-0.2, 0) is 28.6 Å². The quantitative estimate of drug-likeness (QED) is 0.307. The van der Waals surface area contributed by atoms with Crippen molar-refractivity contribution in [2.75, 3.05) is 20.8 Å². The smallest absolute Gasteiger partial charge is 0.377 e. The fourth-order valence-corrected chi connectivity index (χ4v) is 1.05. The van der Waals surface area contributed by atoms with E-state index in [2.05, 4.69) is 14.6 Å². The standard InChI is InChI=1S/C10H13NO6/c1-14-9(12)6-7(10(13)15-2)17-11-8-4-3-5-16-8/h6H,3-5H2,1-2H3/b7-6-,11-8+. The summed E-state index contributed by atoms with van der Waals surface area (Å²) in [6.45, 7) is 0.566. The number of ether oxygens (including phenoxy) is 3. The van der Waals surface area contributed by atoms with E-state index in [9.17, 15) is 9.59 Å². The van der Waals surface area contributed by atoms with Crippen LogP contribution in [0.15, 0.2) is 17.0 Å². The van der Waals surface area contributed by atoms with Gasteiger partial charge in [-0.2, -0.15) is 0 Å². The van der Waals surface area contributed by atoms with Gasteiger partial charge in [0.25, 0.3) is 0 Å². The van der Waals surface area contributed by atoms with Gasteiger partial charge >= 0.3 is 11.9 Å². The molecule has 1 heterocycles. The number of carbonyl (C=O) groups is 2. The van der Waals surface area contributed by atoms with E-state index < -0.39 is 11.9 Å². The summed E-state index contributed by atoms with van der Waals surface area (Å²) in [6, 6.07) is 0. The van der Waals surface area contributed by atoms with Crippen molar-refractivity contribution in [2.45, 2.75) is 12.8 Å². The third-order valence-corrected chi connectivity index (χ3v) is 1.89. The first-order valence-corrected chi connectivity index (χ1v) is 4.92. The van der Waals surface area contributed by atoms with Gasteiger partial charge in [-0.15, -0.1) is 0 Å². The SMILES string of the molecule is COC(=O)/C=C(\O/N=C1\CCCO1)C(=O)OC. The Morgan fingerprint density at radius 1 is 1.35 bits per heavy atom. The van der Waals surface area contributed by atoms with E-state index in [1.54, 1.807) is 0 Å². The Kier molecular flexibility index (Phi) is 4.99. The molecule has 0 bridgehead atoms. The lowest BCUT2D eigenvalue weighted by Gasteiger charge is -2.03. The molecular formula is C10H13NO6. The zero-order valence-corrected chi connectivity index (χ0v) is 9.60. The molecule has 0 aromatic heterocycles. The average Bonchev–Trinajstić information content (AvgIpc) is 2.86. The van der Waals surface area contributed by atoms with Gasteiger partial charge in [0.2, 0.25) is 11.7 Å². The Morgan fingerprint density at radius 3 is 2.65 bits per heavy atom. The normalized spacial score (nSPS) is 17.5. The van der Waals surface area contributed by atoms with E-state index >= 15 is 0 Å². The minimum atomic E-state index is -0.822. The van der Waals surface area contributed by atoms with Crippen molar-refractivity contribution in [3.63, 3.8) is 0 Å². The highest BCUT2D eigenvalue weighted by atomic mass is 16.7. The van der Waals surface area contributed by atoms with Crippen molar-refractivity contribution in [3.05, 3.63) is 11.8 Å². The molecular weight excluding hydrogens is 230 g/mol. The number of methoxy groups -OCH3 is 2. The third kappa shape index (κ3) is 4.13. The number of carbonyl (C=O) groups excluding carboxylic acids is 2. The maximum absolute atomic E-state index is 11.2. The molecule has 7 nitrogen and oxygen atoms in total. The van der Waals surface area contributed by atoms with Gasteiger partial charge in [0, 0.05) is 6.42 Å². The third-order valence-electron chi connectivity index (χ3n) is 1.89. The van der Waals surface area contributed by atoms with Gasteiger partial charge < -0.3 is 19.0 Å². The molecule has 7 heteroatoms. The van der Waals surface area contributed by atoms with E-state index in [1.165, 1.54) is 7.11 Å². The lowest BCUT2D eigenvalue weighted by atomic mass is 10.4. The van der Waals surface area contributed by atoms with Crippen LogP contribution in [0.25, 0.3) is 0 Å². The van der Waals surface area contributed by atoms with E-state index in [0.29, 0.717) is 18.9 Å². The summed E-state index contributed by atoms with van der Waals surface area (Å²) in [5.41, 5.74) is 0. The average molecular weight is 243 g/mol. The topological polar surface area (TPSA) is 83.4 Å². The molecule has 0 amide bonds. The first-order chi connectivity index (χ1) is 8.17. The Balaban J connectivity index is 2.70. The number of rotatable bonds is 4. The van der Waals surface area contributed by atoms with Crippen LogP contribution >= 0.6 is 0 Å². The van der Waals surface area contributed by atoms with Gasteiger partial charge in [0.15, 0.2) is 0 Å². The zero-order chi connectivity index (χ0) is 12.7. The van der Waals surface area contributed by atoms with Crippen LogP contribution < -0.4 is 0 Å². The predicted octanol–water partition coefficient (Wildman–Crippen LogP) is 0.357. The zero-order valence-electron chi connectivity index (χ0n) is 9.60. The molecule has 0 N–H and O–H groups in total. The van der Waals surface area contributed by atoms with E-state index in [1.807, 2.05) is 0 Å². The Morgan fingerprint density at radius 2 is 2.12 bits per heavy atom. The molecule has 1 aliphatic rings. The summed E-state index contributed by atoms with van der Waals surface area (Å²) in [6.07, 6.45) is 2.33. The highest BCUT2D eigenvalue weighted by Crippen LogP contribution is 2.09. The summed E-state index contributed by atoms with van der Waals surface area (Å²) in [7, 11) is 2.34. The molecule has 0 saturated carbocycles. The molecule has 0 spiro atoms. The van der Waals surface area contributed by atoms with E-state index in [4.69, 9.17) is 9.57 Å². The van der Waals surface area contributed by atoms with Crippen LogP contribution in [0, 0.1) is 0 Å². The molecule has 1 fully saturated rings. The largest absolute Gasteiger partial charge is 0.479 e. The van der Waals surface area contributed by atoms with E-state index in [-0.39, 0.29) is 5.76 Å². The number of hydrogen-bond acceptors (Lipinski definition) is 7. The van der Waals surface area contributed by atoms with Crippen LogP contribution in [0.5, 0.6) is 0 Å². The maximum Gasteiger partial charge on any atom is 0.377 e. The van der Waals surface area contributed by atoms with Crippen LogP contribution in [0.3, 0.4) is 0 Å². The monoisotopic (exact) mass is 243 g/mol. The highest BCUT2D eigenvalue weighted by Gasteiger charge is 2.16. The molecule has 1 saturated heterocycles. The molecule has 0 atom stereocenters. The van der Waals surface area contributed by atoms with Crippen molar-refractivity contribution in [1.82, 2.24) is 0 Å². The Labute approximate surface area is 98.0 Å². The van der Waals surface area contributed by atoms with Crippen molar-refractivity contribution in [1.29, 1.82) is 0 Å². The van der Waals surface area contributed by atoms with Crippen LogP contribution in [-0.4, -0.2) is 38.7 Å². The molecule has 0 aliphatic carbocycles. The molecule has 17 heavy (non-hydrogen) atoms.